The fourth-order valence-corrected chi connectivity index (χ4v) is 6.35. The van der Waals surface area contributed by atoms with Crippen molar-refractivity contribution in [2.75, 3.05) is 12.7 Å². The van der Waals surface area contributed by atoms with Crippen LogP contribution >= 0.6 is 0 Å². The third kappa shape index (κ3) is 5.70. The van der Waals surface area contributed by atoms with Crippen LogP contribution in [0.2, 0.25) is 32.7 Å². The van der Waals surface area contributed by atoms with E-state index in [2.05, 4.69) is 19.6 Å². The zero-order chi connectivity index (χ0) is 19.7. The first-order valence-corrected chi connectivity index (χ1v) is 15.3. The molecule has 0 saturated carbocycles. The second kappa shape index (κ2) is 7.58. The molecule has 7 heteroatoms. The molecule has 0 aliphatic heterocycles. The van der Waals surface area contributed by atoms with E-state index in [-0.39, 0.29) is 12.4 Å². The van der Waals surface area contributed by atoms with Gasteiger partial charge in [-0.1, -0.05) is 12.1 Å². The van der Waals surface area contributed by atoms with E-state index in [9.17, 15) is 4.39 Å². The van der Waals surface area contributed by atoms with Gasteiger partial charge in [-0.15, -0.1) is 0 Å². The lowest BCUT2D eigenvalue weighted by Gasteiger charge is -2.42. The van der Waals surface area contributed by atoms with Gasteiger partial charge in [-0.05, 0) is 65.1 Å². The van der Waals surface area contributed by atoms with Gasteiger partial charge in [-0.3, -0.25) is 0 Å². The Morgan fingerprint density at radius 3 is 2.00 bits per heavy atom. The molecule has 0 aromatic heterocycles. The number of halogens is 1. The minimum Gasteiger partial charge on any atom is -0.407 e. The van der Waals surface area contributed by atoms with Crippen molar-refractivity contribution in [3.63, 3.8) is 0 Å². The standard InChI is InChI=1S/C18H35FN2O2Si2/c1-17(2,22-25(7,8)13-21)16-14(10-9-11-15(16)19)18(3,12-20)23-24(4,5)6/h9-11H,12-13,20-21H2,1-8H3. The van der Waals surface area contributed by atoms with Crippen LogP contribution in [0, 0.1) is 5.82 Å². The van der Waals surface area contributed by atoms with E-state index < -0.39 is 27.8 Å². The summed E-state index contributed by atoms with van der Waals surface area (Å²) in [6.45, 7) is 16.4. The topological polar surface area (TPSA) is 70.5 Å². The van der Waals surface area contributed by atoms with Crippen LogP contribution in [-0.4, -0.2) is 29.3 Å². The minimum absolute atomic E-state index is 0.265. The van der Waals surface area contributed by atoms with E-state index in [4.69, 9.17) is 20.3 Å². The molecule has 0 radical (unpaired) electrons. The highest BCUT2D eigenvalue weighted by Crippen LogP contribution is 2.39. The molecule has 144 valence electrons. The van der Waals surface area contributed by atoms with Gasteiger partial charge in [0.2, 0.25) is 8.32 Å². The highest BCUT2D eigenvalue weighted by Gasteiger charge is 2.41. The minimum atomic E-state index is -2.11. The molecule has 0 bridgehead atoms. The molecule has 1 aromatic carbocycles. The lowest BCUT2D eigenvalue weighted by molar-refractivity contribution is 0.0637. The highest BCUT2D eigenvalue weighted by atomic mass is 28.4. The molecule has 1 atom stereocenters. The Balaban J connectivity index is 3.53. The van der Waals surface area contributed by atoms with Gasteiger partial charge in [0.05, 0.1) is 11.2 Å². The van der Waals surface area contributed by atoms with Crippen LogP contribution in [0.25, 0.3) is 0 Å². The van der Waals surface area contributed by atoms with Crippen LogP contribution in [0.3, 0.4) is 0 Å². The van der Waals surface area contributed by atoms with E-state index >= 15 is 0 Å². The average Bonchev–Trinajstić information content (AvgIpc) is 2.43. The van der Waals surface area contributed by atoms with Crippen molar-refractivity contribution in [2.24, 2.45) is 11.5 Å². The smallest absolute Gasteiger partial charge is 0.201 e. The van der Waals surface area contributed by atoms with Crippen molar-refractivity contribution in [1.29, 1.82) is 0 Å². The molecular weight excluding hydrogens is 351 g/mol. The summed E-state index contributed by atoms with van der Waals surface area (Å²) in [5.74, 6) is -0.303. The van der Waals surface area contributed by atoms with Crippen LogP contribution < -0.4 is 11.5 Å². The number of rotatable bonds is 8. The first-order valence-electron chi connectivity index (χ1n) is 8.77. The summed E-state index contributed by atoms with van der Waals surface area (Å²) in [7, 11) is -4.01. The molecule has 0 amide bonds. The molecule has 0 aliphatic rings. The second-order valence-electron chi connectivity index (χ2n) is 8.89. The van der Waals surface area contributed by atoms with Crippen molar-refractivity contribution in [3.05, 3.63) is 35.1 Å². The van der Waals surface area contributed by atoms with Gasteiger partial charge in [-0.25, -0.2) is 4.39 Å². The summed E-state index contributed by atoms with van der Waals surface area (Å²) < 4.78 is 27.7. The molecule has 1 aromatic rings. The molecule has 4 nitrogen and oxygen atoms in total. The Kier molecular flexibility index (Phi) is 6.81. The van der Waals surface area contributed by atoms with Gasteiger partial charge in [0.1, 0.15) is 5.82 Å². The van der Waals surface area contributed by atoms with E-state index in [0.29, 0.717) is 11.7 Å². The van der Waals surface area contributed by atoms with Crippen molar-refractivity contribution in [1.82, 2.24) is 0 Å². The summed E-state index contributed by atoms with van der Waals surface area (Å²) in [5.41, 5.74) is 11.6. The van der Waals surface area contributed by atoms with Gasteiger partial charge in [0, 0.05) is 18.3 Å². The molecule has 0 spiro atoms. The lowest BCUT2D eigenvalue weighted by atomic mass is 9.84. The summed E-state index contributed by atoms with van der Waals surface area (Å²) in [6.07, 6.45) is 0.472. The van der Waals surface area contributed by atoms with Gasteiger partial charge in [0.25, 0.3) is 0 Å². The maximum absolute atomic E-state index is 14.9. The van der Waals surface area contributed by atoms with Crippen LogP contribution in [0.15, 0.2) is 18.2 Å². The normalized spacial score (nSPS) is 16.0. The van der Waals surface area contributed by atoms with Crippen LogP contribution in [0.5, 0.6) is 0 Å². The van der Waals surface area contributed by atoms with Gasteiger partial charge >= 0.3 is 0 Å². The third-order valence-corrected chi connectivity index (χ3v) is 7.24. The predicted molar refractivity (Wildman–Crippen MR) is 108 cm³/mol. The number of benzene rings is 1. The SMILES string of the molecule is CC(C)(O[Si](C)(C)CN)c1c(F)cccc1C(C)(CN)O[Si](C)(C)C. The van der Waals surface area contributed by atoms with E-state index in [1.165, 1.54) is 6.07 Å². The molecule has 0 heterocycles. The Morgan fingerprint density at radius 1 is 1.00 bits per heavy atom. The molecule has 1 rings (SSSR count). The van der Waals surface area contributed by atoms with Crippen molar-refractivity contribution >= 4 is 16.6 Å². The Labute approximate surface area is 154 Å². The van der Waals surface area contributed by atoms with Crippen molar-refractivity contribution < 1.29 is 13.2 Å². The number of hydrogen-bond acceptors (Lipinski definition) is 4. The van der Waals surface area contributed by atoms with E-state index in [1.54, 1.807) is 6.07 Å². The average molecular weight is 387 g/mol. The zero-order valence-electron chi connectivity index (χ0n) is 17.0. The van der Waals surface area contributed by atoms with Gasteiger partial charge in [0.15, 0.2) is 8.32 Å². The molecule has 4 N–H and O–H groups in total. The summed E-state index contributed by atoms with van der Waals surface area (Å²) in [5, 5.41) is 0. The van der Waals surface area contributed by atoms with Gasteiger partial charge in [-0.2, -0.15) is 0 Å². The summed E-state index contributed by atoms with van der Waals surface area (Å²) in [6, 6.07) is 5.07. The summed E-state index contributed by atoms with van der Waals surface area (Å²) in [4.78, 5) is 0. The first-order chi connectivity index (χ1) is 11.2. The van der Waals surface area contributed by atoms with E-state index in [0.717, 1.165) is 5.56 Å². The first kappa shape index (κ1) is 22.5. The Morgan fingerprint density at radius 2 is 1.56 bits per heavy atom. The summed E-state index contributed by atoms with van der Waals surface area (Å²) >= 11 is 0. The fourth-order valence-electron chi connectivity index (χ4n) is 3.24. The maximum atomic E-state index is 14.9. The van der Waals surface area contributed by atoms with Crippen LogP contribution in [0.4, 0.5) is 4.39 Å². The maximum Gasteiger partial charge on any atom is 0.201 e. The van der Waals surface area contributed by atoms with Gasteiger partial charge < -0.3 is 20.3 Å². The number of nitrogens with two attached hydrogens (primary N) is 2. The van der Waals surface area contributed by atoms with Crippen LogP contribution in [0.1, 0.15) is 31.9 Å². The Bertz CT molecular complexity index is 603. The molecular formula is C18H35FN2O2Si2. The monoisotopic (exact) mass is 386 g/mol. The largest absolute Gasteiger partial charge is 0.407 e. The molecule has 0 aliphatic carbocycles. The molecule has 0 fully saturated rings. The van der Waals surface area contributed by atoms with Crippen molar-refractivity contribution in [3.8, 4) is 0 Å². The molecule has 1 unspecified atom stereocenters. The predicted octanol–water partition coefficient (Wildman–Crippen LogP) is 3.81. The van der Waals surface area contributed by atoms with Crippen LogP contribution in [-0.2, 0) is 20.1 Å². The van der Waals surface area contributed by atoms with E-state index in [1.807, 2.05) is 39.9 Å². The zero-order valence-corrected chi connectivity index (χ0v) is 19.0. The fraction of sp³-hybridized carbons (Fsp3) is 0.667. The highest BCUT2D eigenvalue weighted by molar-refractivity contribution is 6.71. The Hall–Kier alpha value is -0.576. The molecule has 0 saturated heterocycles. The lowest BCUT2D eigenvalue weighted by Crippen LogP contribution is -2.48. The second-order valence-corrected chi connectivity index (χ2v) is 17.4. The quantitative estimate of drug-likeness (QED) is 0.667. The van der Waals surface area contributed by atoms with Crippen molar-refractivity contribution in [2.45, 2.75) is 64.7 Å². The number of hydrogen-bond donors (Lipinski definition) is 2. The third-order valence-electron chi connectivity index (χ3n) is 4.13. The molecule has 25 heavy (non-hydrogen) atoms.